The van der Waals surface area contributed by atoms with Crippen molar-refractivity contribution in [2.45, 2.75) is 39.5 Å². The quantitative estimate of drug-likeness (QED) is 0.464. The van der Waals surface area contributed by atoms with Crippen molar-refractivity contribution < 1.29 is 0 Å². The Balaban J connectivity index is 2.13. The summed E-state index contributed by atoms with van der Waals surface area (Å²) in [5, 5.41) is 0. The predicted octanol–water partition coefficient (Wildman–Crippen LogP) is 2.79. The van der Waals surface area contributed by atoms with Crippen molar-refractivity contribution >= 4 is 0 Å². The second-order valence-electron chi connectivity index (χ2n) is 4.12. The molecule has 0 nitrogen and oxygen atoms in total. The van der Waals surface area contributed by atoms with Crippen LogP contribution in [0.25, 0.3) is 0 Å². The van der Waals surface area contributed by atoms with E-state index in [0.29, 0.717) is 5.41 Å². The molecule has 0 spiro atoms. The number of fused-ring (bicyclic) bond motifs is 2. The Bertz CT molecular complexity index is 108. The molecule has 0 saturated heterocycles. The Kier molecular flexibility index (Phi) is 0.980. The zero-order chi connectivity index (χ0) is 6.48. The Hall–Kier alpha value is 0. The van der Waals surface area contributed by atoms with Crippen LogP contribution in [0.5, 0.6) is 0 Å². The molecule has 0 N–H and O–H groups in total. The summed E-state index contributed by atoms with van der Waals surface area (Å²) in [6.45, 7) is 4.82. The lowest BCUT2D eigenvalue weighted by molar-refractivity contribution is 0.0574. The summed E-state index contributed by atoms with van der Waals surface area (Å²) in [5.74, 6) is 2.90. The SMILES string of the molecule is CC1(C)[C]2CCCC1C2. The van der Waals surface area contributed by atoms with Gasteiger partial charge in [0.25, 0.3) is 0 Å². The van der Waals surface area contributed by atoms with E-state index >= 15 is 0 Å². The molecular formula is C9H15. The van der Waals surface area contributed by atoms with E-state index in [0.717, 1.165) is 5.92 Å². The highest BCUT2D eigenvalue weighted by atomic mass is 14.5. The molecule has 3 fully saturated rings. The lowest BCUT2D eigenvalue weighted by Crippen LogP contribution is -2.46. The van der Waals surface area contributed by atoms with Gasteiger partial charge in [-0.15, -0.1) is 0 Å². The van der Waals surface area contributed by atoms with E-state index < -0.39 is 0 Å². The van der Waals surface area contributed by atoms with E-state index in [9.17, 15) is 0 Å². The average molecular weight is 123 g/mol. The fourth-order valence-corrected chi connectivity index (χ4v) is 2.42. The molecule has 9 heavy (non-hydrogen) atoms. The lowest BCUT2D eigenvalue weighted by atomic mass is 9.49. The zero-order valence-electron chi connectivity index (χ0n) is 6.41. The maximum atomic E-state index is 2.41. The topological polar surface area (TPSA) is 0 Å². The van der Waals surface area contributed by atoms with E-state index in [1.54, 1.807) is 0 Å². The third-order valence-corrected chi connectivity index (χ3v) is 3.46. The van der Waals surface area contributed by atoms with E-state index in [2.05, 4.69) is 13.8 Å². The molecule has 1 atom stereocenters. The van der Waals surface area contributed by atoms with Gasteiger partial charge in [-0.05, 0) is 36.5 Å². The van der Waals surface area contributed by atoms with Crippen molar-refractivity contribution in [3.63, 3.8) is 0 Å². The van der Waals surface area contributed by atoms with E-state index in [1.165, 1.54) is 25.7 Å². The van der Waals surface area contributed by atoms with Crippen LogP contribution in [0.1, 0.15) is 39.5 Å². The molecule has 0 heterocycles. The smallest absolute Gasteiger partial charge is 0.0179 e. The minimum absolute atomic E-state index is 0.651. The molecule has 0 aliphatic heterocycles. The van der Waals surface area contributed by atoms with Crippen LogP contribution >= 0.6 is 0 Å². The van der Waals surface area contributed by atoms with Crippen molar-refractivity contribution in [3.05, 3.63) is 5.92 Å². The molecule has 3 aliphatic carbocycles. The third-order valence-electron chi connectivity index (χ3n) is 3.46. The minimum Gasteiger partial charge on any atom is -0.0591 e. The highest BCUT2D eigenvalue weighted by Crippen LogP contribution is 2.60. The maximum Gasteiger partial charge on any atom is -0.0179 e. The van der Waals surface area contributed by atoms with E-state index in [1.807, 2.05) is 5.92 Å². The van der Waals surface area contributed by atoms with Gasteiger partial charge in [0.1, 0.15) is 0 Å². The maximum absolute atomic E-state index is 2.41. The van der Waals surface area contributed by atoms with Crippen LogP contribution in [-0.2, 0) is 0 Å². The molecule has 0 amide bonds. The van der Waals surface area contributed by atoms with Crippen molar-refractivity contribution in [1.29, 1.82) is 0 Å². The Morgan fingerprint density at radius 1 is 1.44 bits per heavy atom. The van der Waals surface area contributed by atoms with Crippen molar-refractivity contribution in [3.8, 4) is 0 Å². The first-order valence-electron chi connectivity index (χ1n) is 4.06. The van der Waals surface area contributed by atoms with Gasteiger partial charge in [-0.2, -0.15) is 0 Å². The largest absolute Gasteiger partial charge is 0.0591 e. The van der Waals surface area contributed by atoms with E-state index in [-0.39, 0.29) is 0 Å². The molecule has 0 heteroatoms. The van der Waals surface area contributed by atoms with Gasteiger partial charge in [-0.25, -0.2) is 0 Å². The second kappa shape index (κ2) is 1.53. The first-order valence-corrected chi connectivity index (χ1v) is 4.06. The predicted molar refractivity (Wildman–Crippen MR) is 39.0 cm³/mol. The molecule has 3 rings (SSSR count). The van der Waals surface area contributed by atoms with Crippen LogP contribution in [0.2, 0.25) is 0 Å². The third kappa shape index (κ3) is 0.595. The normalized spacial score (nSPS) is 40.0. The fraction of sp³-hybridized carbons (Fsp3) is 0.889. The monoisotopic (exact) mass is 123 g/mol. The van der Waals surface area contributed by atoms with Gasteiger partial charge >= 0.3 is 0 Å². The highest BCUT2D eigenvalue weighted by molar-refractivity contribution is 5.19. The van der Waals surface area contributed by atoms with Crippen LogP contribution in [-0.4, -0.2) is 0 Å². The second-order valence-corrected chi connectivity index (χ2v) is 4.12. The average Bonchev–Trinajstić information content (AvgIpc) is 1.89. The van der Waals surface area contributed by atoms with Gasteiger partial charge in [0.05, 0.1) is 0 Å². The summed E-state index contributed by atoms with van der Waals surface area (Å²) < 4.78 is 0. The molecule has 51 valence electrons. The van der Waals surface area contributed by atoms with Crippen LogP contribution < -0.4 is 0 Å². The van der Waals surface area contributed by atoms with Gasteiger partial charge in [-0.3, -0.25) is 0 Å². The van der Waals surface area contributed by atoms with Crippen molar-refractivity contribution in [2.75, 3.05) is 0 Å². The van der Waals surface area contributed by atoms with Gasteiger partial charge in [-0.1, -0.05) is 20.3 Å². The van der Waals surface area contributed by atoms with Crippen LogP contribution in [0.3, 0.4) is 0 Å². The number of hydrogen-bond donors (Lipinski definition) is 0. The van der Waals surface area contributed by atoms with Crippen LogP contribution in [0.15, 0.2) is 0 Å². The Morgan fingerprint density at radius 2 is 2.22 bits per heavy atom. The molecule has 2 bridgehead atoms. The standard InChI is InChI=1S/C9H15/c1-9(2)7-4-3-5-8(9)6-7/h7H,3-6H2,1-2H3. The Morgan fingerprint density at radius 3 is 2.44 bits per heavy atom. The molecular weight excluding hydrogens is 108 g/mol. The summed E-state index contributed by atoms with van der Waals surface area (Å²) >= 11 is 0. The van der Waals surface area contributed by atoms with Gasteiger partial charge in [0.15, 0.2) is 0 Å². The molecule has 0 aromatic rings. The first kappa shape index (κ1) is 5.76. The van der Waals surface area contributed by atoms with Crippen LogP contribution in [0, 0.1) is 17.3 Å². The summed E-state index contributed by atoms with van der Waals surface area (Å²) in [4.78, 5) is 0. The summed E-state index contributed by atoms with van der Waals surface area (Å²) in [7, 11) is 0. The molecule has 0 aromatic carbocycles. The van der Waals surface area contributed by atoms with E-state index in [4.69, 9.17) is 0 Å². The molecule has 3 saturated carbocycles. The zero-order valence-corrected chi connectivity index (χ0v) is 6.41. The Labute approximate surface area is 57.6 Å². The number of rotatable bonds is 0. The molecule has 3 aliphatic rings. The molecule has 1 radical (unpaired) electrons. The van der Waals surface area contributed by atoms with Gasteiger partial charge in [0.2, 0.25) is 0 Å². The van der Waals surface area contributed by atoms with Gasteiger partial charge in [0, 0.05) is 0 Å². The summed E-state index contributed by atoms with van der Waals surface area (Å²) in [6, 6.07) is 0. The molecule has 1 unspecified atom stereocenters. The summed E-state index contributed by atoms with van der Waals surface area (Å²) in [5.41, 5.74) is 0.651. The molecule has 0 aromatic heterocycles. The minimum atomic E-state index is 0.651. The lowest BCUT2D eigenvalue weighted by Gasteiger charge is -2.56. The van der Waals surface area contributed by atoms with Crippen molar-refractivity contribution in [2.24, 2.45) is 11.3 Å². The first-order chi connectivity index (χ1) is 4.21. The highest BCUT2D eigenvalue weighted by Gasteiger charge is 2.49. The van der Waals surface area contributed by atoms with Crippen molar-refractivity contribution in [1.82, 2.24) is 0 Å². The summed E-state index contributed by atoms with van der Waals surface area (Å²) in [6.07, 6.45) is 5.87. The van der Waals surface area contributed by atoms with Gasteiger partial charge < -0.3 is 0 Å². The fourth-order valence-electron chi connectivity index (χ4n) is 2.42. The number of hydrogen-bond acceptors (Lipinski definition) is 0. The van der Waals surface area contributed by atoms with Crippen LogP contribution in [0.4, 0.5) is 0 Å².